The molecule has 0 heterocycles. The van der Waals surface area contributed by atoms with Crippen molar-refractivity contribution in [2.75, 3.05) is 5.75 Å². The van der Waals surface area contributed by atoms with Crippen LogP contribution in [0.1, 0.15) is 19.4 Å². The number of sulfone groups is 1. The predicted octanol–water partition coefficient (Wildman–Crippen LogP) is 3.01. The van der Waals surface area contributed by atoms with E-state index in [0.717, 1.165) is 10.9 Å². The Morgan fingerprint density at radius 1 is 1.20 bits per heavy atom. The van der Waals surface area contributed by atoms with Crippen LogP contribution in [0.2, 0.25) is 0 Å². The Labute approximate surface area is 99.7 Å². The largest absolute Gasteiger partial charge is 0.224 e. The third kappa shape index (κ3) is 3.61. The molecule has 1 aromatic rings. The highest BCUT2D eigenvalue weighted by atomic mass is 79.9. The smallest absolute Gasteiger partial charge is 0.178 e. The van der Waals surface area contributed by atoms with Gasteiger partial charge in [0.15, 0.2) is 9.84 Å². The first-order valence-corrected chi connectivity index (χ1v) is 7.60. The highest BCUT2D eigenvalue weighted by molar-refractivity contribution is 9.08. The fraction of sp³-hybridized carbons (Fsp3) is 0.455. The van der Waals surface area contributed by atoms with E-state index in [1.54, 1.807) is 12.1 Å². The van der Waals surface area contributed by atoms with Gasteiger partial charge < -0.3 is 0 Å². The monoisotopic (exact) mass is 290 g/mol. The normalized spacial score (nSPS) is 12.0. The molecule has 1 aromatic carbocycles. The Kier molecular flexibility index (Phi) is 4.34. The summed E-state index contributed by atoms with van der Waals surface area (Å²) in [5.74, 6) is 0.367. The van der Waals surface area contributed by atoms with Crippen LogP contribution in [-0.4, -0.2) is 14.2 Å². The lowest BCUT2D eigenvalue weighted by molar-refractivity contribution is 0.582. The number of halogens is 1. The Bertz CT molecular complexity index is 407. The van der Waals surface area contributed by atoms with Gasteiger partial charge in [-0.25, -0.2) is 8.42 Å². The van der Waals surface area contributed by atoms with Gasteiger partial charge in [0.1, 0.15) is 0 Å². The van der Waals surface area contributed by atoms with E-state index in [-0.39, 0.29) is 11.7 Å². The van der Waals surface area contributed by atoms with E-state index in [2.05, 4.69) is 15.9 Å². The van der Waals surface area contributed by atoms with Crippen LogP contribution in [0.15, 0.2) is 29.2 Å². The molecular formula is C11H15BrO2S. The first kappa shape index (κ1) is 12.7. The molecule has 0 aliphatic rings. The summed E-state index contributed by atoms with van der Waals surface area (Å²) < 4.78 is 23.7. The third-order valence-corrected chi connectivity index (χ3v) is 4.73. The Balaban J connectivity index is 2.96. The molecule has 1 rings (SSSR count). The van der Waals surface area contributed by atoms with Crippen molar-refractivity contribution in [2.24, 2.45) is 5.92 Å². The van der Waals surface area contributed by atoms with Crippen LogP contribution in [0.4, 0.5) is 0 Å². The van der Waals surface area contributed by atoms with Crippen LogP contribution in [0.5, 0.6) is 0 Å². The van der Waals surface area contributed by atoms with Gasteiger partial charge in [-0.3, -0.25) is 0 Å². The van der Waals surface area contributed by atoms with Crippen molar-refractivity contribution in [3.8, 4) is 0 Å². The van der Waals surface area contributed by atoms with Gasteiger partial charge in [-0.15, -0.1) is 0 Å². The molecule has 0 radical (unpaired) electrons. The molecule has 84 valence electrons. The Morgan fingerprint density at radius 2 is 1.73 bits per heavy atom. The van der Waals surface area contributed by atoms with Crippen molar-refractivity contribution < 1.29 is 8.42 Å². The van der Waals surface area contributed by atoms with Crippen LogP contribution >= 0.6 is 15.9 Å². The maximum atomic E-state index is 11.8. The molecule has 0 aliphatic carbocycles. The fourth-order valence-electron chi connectivity index (χ4n) is 1.32. The molecule has 4 heteroatoms. The van der Waals surface area contributed by atoms with Gasteiger partial charge in [0, 0.05) is 5.33 Å². The van der Waals surface area contributed by atoms with E-state index in [9.17, 15) is 8.42 Å². The van der Waals surface area contributed by atoms with Crippen LogP contribution in [0, 0.1) is 5.92 Å². The summed E-state index contributed by atoms with van der Waals surface area (Å²) in [6.45, 7) is 3.81. The summed E-state index contributed by atoms with van der Waals surface area (Å²) in [5, 5.41) is 0.748. The number of hydrogen-bond acceptors (Lipinski definition) is 2. The summed E-state index contributed by atoms with van der Waals surface area (Å²) in [6, 6.07) is 7.02. The second kappa shape index (κ2) is 5.12. The average molecular weight is 291 g/mol. The average Bonchev–Trinajstić information content (AvgIpc) is 2.16. The van der Waals surface area contributed by atoms with Crippen LogP contribution in [0.3, 0.4) is 0 Å². The maximum Gasteiger partial charge on any atom is 0.178 e. The van der Waals surface area contributed by atoms with E-state index in [0.29, 0.717) is 4.90 Å². The van der Waals surface area contributed by atoms with E-state index in [1.165, 1.54) is 0 Å². The second-order valence-electron chi connectivity index (χ2n) is 3.95. The van der Waals surface area contributed by atoms with Crippen molar-refractivity contribution in [1.29, 1.82) is 0 Å². The minimum Gasteiger partial charge on any atom is -0.224 e. The first-order chi connectivity index (χ1) is 6.95. The van der Waals surface area contributed by atoms with Crippen LogP contribution in [-0.2, 0) is 15.2 Å². The predicted molar refractivity (Wildman–Crippen MR) is 66.0 cm³/mol. The molecule has 0 spiro atoms. The summed E-state index contributed by atoms with van der Waals surface area (Å²) in [7, 11) is -3.10. The van der Waals surface area contributed by atoms with Gasteiger partial charge in [0.05, 0.1) is 10.6 Å². The topological polar surface area (TPSA) is 34.1 Å². The van der Waals surface area contributed by atoms with Gasteiger partial charge >= 0.3 is 0 Å². The van der Waals surface area contributed by atoms with Crippen molar-refractivity contribution in [2.45, 2.75) is 24.1 Å². The van der Waals surface area contributed by atoms with Crippen molar-refractivity contribution in [3.05, 3.63) is 29.8 Å². The summed E-state index contributed by atoms with van der Waals surface area (Å²) in [6.07, 6.45) is 0. The molecule has 15 heavy (non-hydrogen) atoms. The maximum absolute atomic E-state index is 11.8. The van der Waals surface area contributed by atoms with Gasteiger partial charge in [0.2, 0.25) is 0 Å². The Hall–Kier alpha value is -0.350. The molecule has 0 unspecified atom stereocenters. The highest BCUT2D eigenvalue weighted by Crippen LogP contribution is 2.16. The first-order valence-electron chi connectivity index (χ1n) is 4.83. The second-order valence-corrected chi connectivity index (χ2v) is 6.55. The number of benzene rings is 1. The number of rotatable bonds is 4. The molecule has 0 saturated carbocycles. The van der Waals surface area contributed by atoms with Crippen molar-refractivity contribution >= 4 is 25.8 Å². The zero-order valence-corrected chi connectivity index (χ0v) is 11.3. The molecule has 0 atom stereocenters. The molecule has 0 aromatic heterocycles. The molecule has 0 amide bonds. The van der Waals surface area contributed by atoms with E-state index in [1.807, 2.05) is 26.0 Å². The lowest BCUT2D eigenvalue weighted by Crippen LogP contribution is -2.11. The molecular weight excluding hydrogens is 276 g/mol. The van der Waals surface area contributed by atoms with Crippen LogP contribution < -0.4 is 0 Å². The number of alkyl halides is 1. The van der Waals surface area contributed by atoms with Gasteiger partial charge in [-0.1, -0.05) is 41.9 Å². The zero-order valence-electron chi connectivity index (χ0n) is 8.90. The van der Waals surface area contributed by atoms with Gasteiger partial charge in [0.25, 0.3) is 0 Å². The lowest BCUT2D eigenvalue weighted by atomic mass is 10.2. The van der Waals surface area contributed by atoms with Crippen molar-refractivity contribution in [1.82, 2.24) is 0 Å². The van der Waals surface area contributed by atoms with Crippen LogP contribution in [0.25, 0.3) is 0 Å². The van der Waals surface area contributed by atoms with Gasteiger partial charge in [-0.05, 0) is 23.6 Å². The summed E-state index contributed by atoms with van der Waals surface area (Å²) >= 11 is 3.32. The van der Waals surface area contributed by atoms with Crippen molar-refractivity contribution in [3.63, 3.8) is 0 Å². The zero-order chi connectivity index (χ0) is 11.5. The SMILES string of the molecule is CC(C)CS(=O)(=O)c1ccc(CBr)cc1. The molecule has 0 N–H and O–H groups in total. The minimum absolute atomic E-state index is 0.158. The fourth-order valence-corrected chi connectivity index (χ4v) is 3.32. The number of hydrogen-bond donors (Lipinski definition) is 0. The molecule has 0 aliphatic heterocycles. The quantitative estimate of drug-likeness (QED) is 0.799. The lowest BCUT2D eigenvalue weighted by Gasteiger charge is -2.07. The highest BCUT2D eigenvalue weighted by Gasteiger charge is 2.15. The third-order valence-electron chi connectivity index (χ3n) is 1.99. The Morgan fingerprint density at radius 3 is 2.13 bits per heavy atom. The molecule has 0 fully saturated rings. The minimum atomic E-state index is -3.10. The summed E-state index contributed by atoms with van der Waals surface area (Å²) in [4.78, 5) is 0.418. The van der Waals surface area contributed by atoms with E-state index >= 15 is 0 Å². The van der Waals surface area contributed by atoms with E-state index < -0.39 is 9.84 Å². The molecule has 0 bridgehead atoms. The standard InChI is InChI=1S/C11H15BrO2S/c1-9(2)8-15(13,14)11-5-3-10(7-12)4-6-11/h3-6,9H,7-8H2,1-2H3. The molecule has 2 nitrogen and oxygen atoms in total. The molecule has 0 saturated heterocycles. The van der Waals surface area contributed by atoms with Gasteiger partial charge in [-0.2, -0.15) is 0 Å². The van der Waals surface area contributed by atoms with E-state index in [4.69, 9.17) is 0 Å². The summed E-state index contributed by atoms with van der Waals surface area (Å²) in [5.41, 5.74) is 1.08.